The first kappa shape index (κ1) is 15.0. The zero-order valence-corrected chi connectivity index (χ0v) is 12.7. The van der Waals surface area contributed by atoms with Crippen LogP contribution in [0.15, 0.2) is 42.5 Å². The molecule has 2 aromatic carbocycles. The van der Waals surface area contributed by atoms with Gasteiger partial charge in [0.15, 0.2) is 0 Å². The fourth-order valence-electron chi connectivity index (χ4n) is 2.99. The lowest BCUT2D eigenvalue weighted by atomic mass is 10.1. The summed E-state index contributed by atoms with van der Waals surface area (Å²) < 4.78 is 0. The second kappa shape index (κ2) is 6.08. The van der Waals surface area contributed by atoms with Crippen LogP contribution < -0.4 is 10.6 Å². The summed E-state index contributed by atoms with van der Waals surface area (Å²) in [6.07, 6.45) is 1.77. The van der Waals surface area contributed by atoms with Crippen molar-refractivity contribution in [2.24, 2.45) is 0 Å². The Kier molecular flexibility index (Phi) is 3.97. The highest BCUT2D eigenvalue weighted by Gasteiger charge is 2.25. The molecule has 6 nitrogen and oxygen atoms in total. The molecule has 23 heavy (non-hydrogen) atoms. The summed E-state index contributed by atoms with van der Waals surface area (Å²) in [6.45, 7) is 0. The predicted octanol–water partition coefficient (Wildman–Crippen LogP) is 3.05. The summed E-state index contributed by atoms with van der Waals surface area (Å²) in [5, 5.41) is 16.8. The molecular formula is C17H17N3O3. The van der Waals surface area contributed by atoms with Crippen molar-refractivity contribution in [3.05, 3.63) is 69.3 Å². The van der Waals surface area contributed by atoms with Crippen molar-refractivity contribution in [1.82, 2.24) is 5.32 Å². The molecule has 1 atom stereocenters. The number of hydrogen-bond acceptors (Lipinski definition) is 4. The van der Waals surface area contributed by atoms with Crippen LogP contribution in [0.25, 0.3) is 0 Å². The third-order valence-electron chi connectivity index (χ3n) is 4.17. The molecule has 1 amide bonds. The van der Waals surface area contributed by atoms with E-state index in [1.807, 2.05) is 18.2 Å². The van der Waals surface area contributed by atoms with Crippen LogP contribution in [-0.2, 0) is 6.42 Å². The predicted molar refractivity (Wildman–Crippen MR) is 87.6 cm³/mol. The van der Waals surface area contributed by atoms with E-state index in [9.17, 15) is 14.9 Å². The molecule has 0 spiro atoms. The first-order valence-corrected chi connectivity index (χ1v) is 7.45. The van der Waals surface area contributed by atoms with Crippen LogP contribution >= 0.6 is 0 Å². The van der Waals surface area contributed by atoms with Gasteiger partial charge in [0.1, 0.15) is 0 Å². The number of nitrogens with one attached hydrogen (secondary N) is 2. The number of carbonyl (C=O) groups excluding carboxylic acids is 1. The second-order valence-corrected chi connectivity index (χ2v) is 5.50. The molecule has 118 valence electrons. The molecule has 1 aliphatic carbocycles. The third-order valence-corrected chi connectivity index (χ3v) is 4.17. The van der Waals surface area contributed by atoms with Crippen molar-refractivity contribution in [3.8, 4) is 0 Å². The Hall–Kier alpha value is -2.89. The first-order chi connectivity index (χ1) is 11.1. The van der Waals surface area contributed by atoms with Crippen molar-refractivity contribution in [2.75, 3.05) is 12.4 Å². The van der Waals surface area contributed by atoms with Crippen molar-refractivity contribution < 1.29 is 9.72 Å². The molecule has 0 radical (unpaired) electrons. The average molecular weight is 311 g/mol. The van der Waals surface area contributed by atoms with E-state index >= 15 is 0 Å². The Morgan fingerprint density at radius 2 is 2.04 bits per heavy atom. The molecule has 0 saturated carbocycles. The number of carbonyl (C=O) groups is 1. The maximum absolute atomic E-state index is 12.6. The Bertz CT molecular complexity index is 773. The van der Waals surface area contributed by atoms with Crippen molar-refractivity contribution in [2.45, 2.75) is 18.9 Å². The van der Waals surface area contributed by atoms with Crippen LogP contribution in [0.1, 0.15) is 33.9 Å². The SMILES string of the molecule is CNc1ccc([N+](=O)[O-])cc1C(=O)NC1CCc2ccccc21. The molecule has 0 heterocycles. The highest BCUT2D eigenvalue weighted by atomic mass is 16.6. The van der Waals surface area contributed by atoms with E-state index in [1.165, 1.54) is 17.7 Å². The minimum Gasteiger partial charge on any atom is -0.387 e. The summed E-state index contributed by atoms with van der Waals surface area (Å²) >= 11 is 0. The Morgan fingerprint density at radius 1 is 1.26 bits per heavy atom. The highest BCUT2D eigenvalue weighted by Crippen LogP contribution is 2.31. The van der Waals surface area contributed by atoms with Crippen molar-refractivity contribution in [3.63, 3.8) is 0 Å². The van der Waals surface area contributed by atoms with E-state index in [0.29, 0.717) is 5.69 Å². The number of anilines is 1. The van der Waals surface area contributed by atoms with E-state index in [4.69, 9.17) is 0 Å². The fourth-order valence-corrected chi connectivity index (χ4v) is 2.99. The third kappa shape index (κ3) is 2.88. The van der Waals surface area contributed by atoms with Gasteiger partial charge in [0.05, 0.1) is 16.5 Å². The standard InChI is InChI=1S/C17H17N3O3/c1-18-15-9-7-12(20(22)23)10-14(15)17(21)19-16-8-6-11-4-2-3-5-13(11)16/h2-5,7,9-10,16,18H,6,8H2,1H3,(H,19,21). The molecule has 0 fully saturated rings. The van der Waals surface area contributed by atoms with Crippen molar-refractivity contribution in [1.29, 1.82) is 0 Å². The number of amides is 1. The molecule has 2 N–H and O–H groups in total. The Balaban J connectivity index is 1.87. The number of fused-ring (bicyclic) bond motifs is 1. The number of non-ortho nitro benzene ring substituents is 1. The number of nitro groups is 1. The summed E-state index contributed by atoms with van der Waals surface area (Å²) in [7, 11) is 1.68. The van der Waals surface area contributed by atoms with Gasteiger partial charge in [-0.2, -0.15) is 0 Å². The lowest BCUT2D eigenvalue weighted by Gasteiger charge is -2.16. The first-order valence-electron chi connectivity index (χ1n) is 7.45. The quantitative estimate of drug-likeness (QED) is 0.671. The highest BCUT2D eigenvalue weighted by molar-refractivity contribution is 6.00. The second-order valence-electron chi connectivity index (χ2n) is 5.50. The molecule has 0 aliphatic heterocycles. The molecule has 0 bridgehead atoms. The molecular weight excluding hydrogens is 294 g/mol. The topological polar surface area (TPSA) is 84.3 Å². The van der Waals surface area contributed by atoms with Crippen LogP contribution in [-0.4, -0.2) is 17.9 Å². The van der Waals surface area contributed by atoms with Gasteiger partial charge >= 0.3 is 0 Å². The van der Waals surface area contributed by atoms with E-state index in [1.54, 1.807) is 13.1 Å². The average Bonchev–Trinajstić information content (AvgIpc) is 2.97. The van der Waals surface area contributed by atoms with Crippen LogP contribution in [0.3, 0.4) is 0 Å². The van der Waals surface area contributed by atoms with Gasteiger partial charge in [-0.25, -0.2) is 0 Å². The fraction of sp³-hybridized carbons (Fsp3) is 0.235. The van der Waals surface area contributed by atoms with Crippen LogP contribution in [0.5, 0.6) is 0 Å². The Labute approximate surface area is 133 Å². The zero-order chi connectivity index (χ0) is 16.4. The van der Waals surface area contributed by atoms with Gasteiger partial charge in [0.25, 0.3) is 11.6 Å². The molecule has 1 unspecified atom stereocenters. The number of nitrogens with zero attached hydrogens (tertiary/aromatic N) is 1. The molecule has 1 aliphatic rings. The summed E-state index contributed by atoms with van der Waals surface area (Å²) in [5.41, 5.74) is 3.12. The van der Waals surface area contributed by atoms with Gasteiger partial charge in [-0.05, 0) is 30.0 Å². The number of hydrogen-bond donors (Lipinski definition) is 2. The number of rotatable bonds is 4. The Morgan fingerprint density at radius 3 is 2.78 bits per heavy atom. The van der Waals surface area contributed by atoms with Crippen LogP contribution in [0.4, 0.5) is 11.4 Å². The van der Waals surface area contributed by atoms with Crippen molar-refractivity contribution >= 4 is 17.3 Å². The normalized spacial score (nSPS) is 15.8. The van der Waals surface area contributed by atoms with E-state index in [2.05, 4.69) is 16.7 Å². The lowest BCUT2D eigenvalue weighted by Crippen LogP contribution is -2.27. The van der Waals surface area contributed by atoms with Gasteiger partial charge in [0, 0.05) is 24.9 Å². The van der Waals surface area contributed by atoms with Crippen LogP contribution in [0, 0.1) is 10.1 Å². The molecule has 3 rings (SSSR count). The minimum absolute atomic E-state index is 0.0531. The lowest BCUT2D eigenvalue weighted by molar-refractivity contribution is -0.384. The summed E-state index contributed by atoms with van der Waals surface area (Å²) in [6, 6.07) is 12.2. The zero-order valence-electron chi connectivity index (χ0n) is 12.7. The van der Waals surface area contributed by atoms with E-state index in [0.717, 1.165) is 18.4 Å². The van der Waals surface area contributed by atoms with E-state index in [-0.39, 0.29) is 23.2 Å². The van der Waals surface area contributed by atoms with Gasteiger partial charge in [0.2, 0.25) is 0 Å². The minimum atomic E-state index is -0.499. The summed E-state index contributed by atoms with van der Waals surface area (Å²) in [4.78, 5) is 23.0. The smallest absolute Gasteiger partial charge is 0.270 e. The number of benzene rings is 2. The van der Waals surface area contributed by atoms with E-state index < -0.39 is 4.92 Å². The maximum atomic E-state index is 12.6. The number of aryl methyl sites for hydroxylation is 1. The largest absolute Gasteiger partial charge is 0.387 e. The monoisotopic (exact) mass is 311 g/mol. The van der Waals surface area contributed by atoms with Gasteiger partial charge in [-0.15, -0.1) is 0 Å². The maximum Gasteiger partial charge on any atom is 0.270 e. The molecule has 6 heteroatoms. The van der Waals surface area contributed by atoms with Gasteiger partial charge in [-0.3, -0.25) is 14.9 Å². The molecule has 0 saturated heterocycles. The van der Waals surface area contributed by atoms with Crippen LogP contribution in [0.2, 0.25) is 0 Å². The summed E-state index contributed by atoms with van der Waals surface area (Å²) in [5.74, 6) is -0.306. The van der Waals surface area contributed by atoms with Gasteiger partial charge in [-0.1, -0.05) is 24.3 Å². The number of nitro benzene ring substituents is 1. The van der Waals surface area contributed by atoms with Gasteiger partial charge < -0.3 is 10.6 Å². The molecule has 0 aromatic heterocycles. The molecule has 2 aromatic rings.